The summed E-state index contributed by atoms with van der Waals surface area (Å²) in [5.74, 6) is 0.429. The minimum absolute atomic E-state index is 0.00106. The minimum Gasteiger partial charge on any atom is -0.455 e. The van der Waals surface area contributed by atoms with Gasteiger partial charge in [0.15, 0.2) is 20.8 Å². The van der Waals surface area contributed by atoms with Crippen molar-refractivity contribution >= 4 is 50.0 Å². The van der Waals surface area contributed by atoms with Gasteiger partial charge in [-0.05, 0) is 42.8 Å². The third kappa shape index (κ3) is 4.71. The third-order valence-corrected chi connectivity index (χ3v) is 8.36. The number of hydrogen-bond donors (Lipinski definition) is 0. The molecule has 7 nitrogen and oxygen atoms in total. The standard InChI is InChI=1S/C21H18ClN3O4S2/c1-13-3-2-4-15(9-13)29-18-6-5-14(22)10-16(18)25-17-11-31(27,28)12-19(17)30-21(25)24-20(26)7-8-23/h2-6,9-10,17,19H,7,11-12H2,1H3/t17-,19+/m1/s1. The first-order chi connectivity index (χ1) is 14.8. The molecular formula is C21H18ClN3O4S2. The summed E-state index contributed by atoms with van der Waals surface area (Å²) in [4.78, 5) is 17.9. The molecule has 2 aromatic rings. The van der Waals surface area contributed by atoms with Crippen LogP contribution in [0.2, 0.25) is 5.02 Å². The Morgan fingerprint density at radius 1 is 1.32 bits per heavy atom. The number of thioether (sulfide) groups is 1. The number of benzene rings is 2. The van der Waals surface area contributed by atoms with Crippen LogP contribution in [-0.2, 0) is 14.6 Å². The van der Waals surface area contributed by atoms with Gasteiger partial charge in [-0.15, -0.1) is 0 Å². The molecule has 0 unspecified atom stereocenters. The van der Waals surface area contributed by atoms with Gasteiger partial charge < -0.3 is 9.64 Å². The van der Waals surface area contributed by atoms with Gasteiger partial charge in [0.2, 0.25) is 0 Å². The van der Waals surface area contributed by atoms with Crippen molar-refractivity contribution in [1.82, 2.24) is 0 Å². The van der Waals surface area contributed by atoms with Gasteiger partial charge >= 0.3 is 0 Å². The van der Waals surface area contributed by atoms with E-state index >= 15 is 0 Å². The second kappa shape index (κ2) is 8.54. The molecule has 0 aromatic heterocycles. The zero-order valence-electron chi connectivity index (χ0n) is 16.5. The van der Waals surface area contributed by atoms with Crippen molar-refractivity contribution in [1.29, 1.82) is 5.26 Å². The van der Waals surface area contributed by atoms with E-state index in [1.165, 1.54) is 11.8 Å². The Hall–Kier alpha value is -2.54. The average molecular weight is 476 g/mol. The summed E-state index contributed by atoms with van der Waals surface area (Å²) in [6, 6.07) is 14.0. The number of aliphatic imine (C=N–C) groups is 1. The zero-order valence-corrected chi connectivity index (χ0v) is 18.9. The number of anilines is 1. The van der Waals surface area contributed by atoms with Crippen molar-refractivity contribution in [2.45, 2.75) is 24.6 Å². The smallest absolute Gasteiger partial charge is 0.262 e. The van der Waals surface area contributed by atoms with Crippen molar-refractivity contribution < 1.29 is 17.9 Å². The monoisotopic (exact) mass is 475 g/mol. The quantitative estimate of drug-likeness (QED) is 0.659. The van der Waals surface area contributed by atoms with Crippen LogP contribution in [0.3, 0.4) is 0 Å². The second-order valence-corrected chi connectivity index (χ2v) is 11.1. The molecular weight excluding hydrogens is 458 g/mol. The van der Waals surface area contributed by atoms with Gasteiger partial charge in [0, 0.05) is 10.3 Å². The van der Waals surface area contributed by atoms with Gasteiger partial charge in [0.25, 0.3) is 5.91 Å². The number of amides is 1. The zero-order chi connectivity index (χ0) is 22.2. The van der Waals surface area contributed by atoms with Gasteiger partial charge in [0.05, 0.1) is 29.3 Å². The number of aryl methyl sites for hydroxylation is 1. The Bertz CT molecular complexity index is 1220. The molecule has 4 rings (SSSR count). The summed E-state index contributed by atoms with van der Waals surface area (Å²) in [7, 11) is -3.22. The van der Waals surface area contributed by atoms with Crippen LogP contribution in [0, 0.1) is 18.3 Å². The fourth-order valence-electron chi connectivity index (χ4n) is 3.63. The number of rotatable bonds is 4. The molecule has 10 heteroatoms. The van der Waals surface area contributed by atoms with Crippen LogP contribution in [-0.4, -0.2) is 42.3 Å². The lowest BCUT2D eigenvalue weighted by molar-refractivity contribution is -0.116. The highest BCUT2D eigenvalue weighted by Gasteiger charge is 2.50. The molecule has 0 radical (unpaired) electrons. The number of nitriles is 1. The van der Waals surface area contributed by atoms with Crippen LogP contribution in [0.4, 0.5) is 5.69 Å². The molecule has 2 saturated heterocycles. The lowest BCUT2D eigenvalue weighted by atomic mass is 10.2. The summed E-state index contributed by atoms with van der Waals surface area (Å²) < 4.78 is 30.7. The van der Waals surface area contributed by atoms with Crippen LogP contribution in [0.25, 0.3) is 0 Å². The molecule has 0 bridgehead atoms. The van der Waals surface area contributed by atoms with E-state index < -0.39 is 21.8 Å². The number of nitrogens with zero attached hydrogens (tertiary/aromatic N) is 3. The molecule has 0 spiro atoms. The second-order valence-electron chi connectivity index (χ2n) is 7.32. The fraction of sp³-hybridized carbons (Fsp3) is 0.286. The molecule has 2 atom stereocenters. The van der Waals surface area contributed by atoms with Crippen molar-refractivity contribution in [2.75, 3.05) is 16.4 Å². The first kappa shape index (κ1) is 21.7. The summed E-state index contributed by atoms with van der Waals surface area (Å²) in [5, 5.41) is 9.32. The molecule has 31 heavy (non-hydrogen) atoms. The normalized spacial score (nSPS) is 22.9. The predicted molar refractivity (Wildman–Crippen MR) is 122 cm³/mol. The Morgan fingerprint density at radius 2 is 2.13 bits per heavy atom. The number of hydrogen-bond acceptors (Lipinski definition) is 6. The molecule has 0 saturated carbocycles. The van der Waals surface area contributed by atoms with Gasteiger partial charge in [-0.3, -0.25) is 4.79 Å². The van der Waals surface area contributed by atoms with E-state index in [9.17, 15) is 13.2 Å². The summed E-state index contributed by atoms with van der Waals surface area (Å²) in [6.45, 7) is 1.95. The predicted octanol–water partition coefficient (Wildman–Crippen LogP) is 3.96. The maximum Gasteiger partial charge on any atom is 0.262 e. The van der Waals surface area contributed by atoms with Crippen LogP contribution in [0.1, 0.15) is 12.0 Å². The maximum absolute atomic E-state index is 12.3. The van der Waals surface area contributed by atoms with Crippen molar-refractivity contribution in [3.05, 3.63) is 53.1 Å². The van der Waals surface area contributed by atoms with Gasteiger partial charge in [0.1, 0.15) is 12.2 Å². The molecule has 0 aliphatic carbocycles. The number of ether oxygens (including phenoxy) is 1. The number of carbonyl (C=O) groups excluding carboxylic acids is 1. The summed E-state index contributed by atoms with van der Waals surface area (Å²) in [6.07, 6.45) is -0.353. The lowest BCUT2D eigenvalue weighted by Crippen LogP contribution is -2.38. The van der Waals surface area contributed by atoms with Crippen molar-refractivity contribution in [3.63, 3.8) is 0 Å². The highest BCUT2D eigenvalue weighted by molar-refractivity contribution is 8.16. The molecule has 160 valence electrons. The van der Waals surface area contributed by atoms with E-state index in [0.717, 1.165) is 5.56 Å². The third-order valence-electron chi connectivity index (χ3n) is 4.92. The van der Waals surface area contributed by atoms with Gasteiger partial charge in [-0.2, -0.15) is 10.3 Å². The number of amidine groups is 1. The Kier molecular flexibility index (Phi) is 5.97. The van der Waals surface area contributed by atoms with E-state index in [4.69, 9.17) is 21.6 Å². The van der Waals surface area contributed by atoms with Crippen LogP contribution in [0.15, 0.2) is 47.5 Å². The highest BCUT2D eigenvalue weighted by Crippen LogP contribution is 2.45. The lowest BCUT2D eigenvalue weighted by Gasteiger charge is -2.26. The van der Waals surface area contributed by atoms with Crippen molar-refractivity contribution in [2.24, 2.45) is 4.99 Å². The van der Waals surface area contributed by atoms with Gasteiger partial charge in [-0.25, -0.2) is 8.42 Å². The Balaban J connectivity index is 1.79. The van der Waals surface area contributed by atoms with Crippen LogP contribution in [0.5, 0.6) is 11.5 Å². The Morgan fingerprint density at radius 3 is 2.87 bits per heavy atom. The number of halogens is 1. The van der Waals surface area contributed by atoms with Crippen molar-refractivity contribution in [3.8, 4) is 17.6 Å². The number of fused-ring (bicyclic) bond motifs is 1. The molecule has 1 amide bonds. The maximum atomic E-state index is 12.3. The summed E-state index contributed by atoms with van der Waals surface area (Å²) >= 11 is 7.50. The average Bonchev–Trinajstić information content (AvgIpc) is 3.14. The molecule has 2 heterocycles. The largest absolute Gasteiger partial charge is 0.455 e. The SMILES string of the molecule is Cc1cccc(Oc2ccc(Cl)cc2N2C(=NC(=O)CC#N)S[C@H]3CS(=O)(=O)C[C@H]32)c1. The molecule has 2 aromatic carbocycles. The molecule has 2 fully saturated rings. The Labute approximate surface area is 189 Å². The van der Waals surface area contributed by atoms with E-state index in [1.54, 1.807) is 29.2 Å². The first-order valence-corrected chi connectivity index (χ1v) is 12.5. The van der Waals surface area contributed by atoms with Crippen LogP contribution >= 0.6 is 23.4 Å². The molecule has 2 aliphatic heterocycles. The van der Waals surface area contributed by atoms with E-state index in [-0.39, 0.29) is 23.2 Å². The van der Waals surface area contributed by atoms with E-state index in [0.29, 0.717) is 27.4 Å². The molecule has 0 N–H and O–H groups in total. The van der Waals surface area contributed by atoms with Gasteiger partial charge in [-0.1, -0.05) is 35.5 Å². The number of sulfone groups is 1. The fourth-order valence-corrected chi connectivity index (χ4v) is 7.72. The number of carbonyl (C=O) groups is 1. The highest BCUT2D eigenvalue weighted by atomic mass is 35.5. The van der Waals surface area contributed by atoms with E-state index in [1.807, 2.05) is 31.2 Å². The summed E-state index contributed by atoms with van der Waals surface area (Å²) in [5.41, 5.74) is 1.55. The topological polar surface area (TPSA) is 99.8 Å². The van der Waals surface area contributed by atoms with Crippen LogP contribution < -0.4 is 9.64 Å². The first-order valence-electron chi connectivity index (χ1n) is 9.44. The minimum atomic E-state index is -3.22. The van der Waals surface area contributed by atoms with E-state index in [2.05, 4.69) is 4.99 Å². The molecule has 2 aliphatic rings.